The van der Waals surface area contributed by atoms with Crippen molar-refractivity contribution in [3.8, 4) is 0 Å². The third kappa shape index (κ3) is 4.78. The summed E-state index contributed by atoms with van der Waals surface area (Å²) in [5.74, 6) is 0. The molecule has 0 aromatic heterocycles. The summed E-state index contributed by atoms with van der Waals surface area (Å²) in [7, 11) is -8.80. The lowest BCUT2D eigenvalue weighted by molar-refractivity contribution is 0.132. The van der Waals surface area contributed by atoms with E-state index in [1.54, 1.807) is 0 Å². The summed E-state index contributed by atoms with van der Waals surface area (Å²) in [4.78, 5) is -0.855. The molecule has 12 heteroatoms. The lowest BCUT2D eigenvalue weighted by Crippen LogP contribution is -2.14. The van der Waals surface area contributed by atoms with Gasteiger partial charge in [0.2, 0.25) is 0 Å². The number of rotatable bonds is 6. The topological polar surface area (TPSA) is 86.7 Å². The van der Waals surface area contributed by atoms with Gasteiger partial charge in [-0.3, -0.25) is 0 Å². The zero-order valence-electron chi connectivity index (χ0n) is 11.9. The monoisotopic (exact) mass is 464 g/mol. The average molecular weight is 466 g/mol. The van der Waals surface area contributed by atoms with Crippen LogP contribution in [-0.2, 0) is 28.6 Å². The highest BCUT2D eigenvalue weighted by Gasteiger charge is 2.24. The van der Waals surface area contributed by atoms with Gasteiger partial charge in [0, 0.05) is 0 Å². The molecule has 6 nitrogen and oxygen atoms in total. The molecule has 0 aliphatic rings. The van der Waals surface area contributed by atoms with Crippen LogP contribution < -0.4 is 0 Å². The van der Waals surface area contributed by atoms with E-state index in [0.29, 0.717) is 0 Å². The van der Waals surface area contributed by atoms with Crippen molar-refractivity contribution in [3.63, 3.8) is 0 Å². The second kappa shape index (κ2) is 7.98. The molecule has 2 aromatic carbocycles. The van der Waals surface area contributed by atoms with E-state index in [4.69, 9.17) is 46.4 Å². The second-order valence-electron chi connectivity index (χ2n) is 4.37. The van der Waals surface area contributed by atoms with Crippen LogP contribution in [0, 0.1) is 0 Å². The average Bonchev–Trinajstić information content (AvgIpc) is 2.52. The van der Waals surface area contributed by atoms with Gasteiger partial charge in [-0.2, -0.15) is 16.8 Å². The van der Waals surface area contributed by atoms with Crippen LogP contribution in [0.25, 0.3) is 0 Å². The highest BCUT2D eigenvalue weighted by atomic mass is 35.5. The van der Waals surface area contributed by atoms with E-state index in [9.17, 15) is 16.8 Å². The van der Waals surface area contributed by atoms with Crippen LogP contribution in [0.4, 0.5) is 0 Å². The summed E-state index contributed by atoms with van der Waals surface area (Å²) in [6.07, 6.45) is 0. The molecule has 2 aromatic rings. The molecule has 0 fully saturated rings. The van der Waals surface area contributed by atoms with Gasteiger partial charge in [-0.1, -0.05) is 58.5 Å². The van der Waals surface area contributed by atoms with Gasteiger partial charge in [-0.25, -0.2) is 8.37 Å². The molecule has 0 N–H and O–H groups in total. The third-order valence-electron chi connectivity index (χ3n) is 2.78. The Kier molecular flexibility index (Phi) is 6.61. The van der Waals surface area contributed by atoms with E-state index in [2.05, 4.69) is 8.37 Å². The minimum Gasteiger partial charge on any atom is -0.236 e. The zero-order valence-corrected chi connectivity index (χ0v) is 16.6. The van der Waals surface area contributed by atoms with Crippen LogP contribution in [0.3, 0.4) is 0 Å². The molecule has 0 amide bonds. The number of hydrogen-bond acceptors (Lipinski definition) is 6. The summed E-state index contributed by atoms with van der Waals surface area (Å²) in [5, 5.41) is -0.536. The summed E-state index contributed by atoms with van der Waals surface area (Å²) in [5.41, 5.74) is 0. The van der Waals surface area contributed by atoms with Crippen molar-refractivity contribution in [2.75, 3.05) is 6.79 Å². The van der Waals surface area contributed by atoms with E-state index < -0.39 is 36.8 Å². The first-order chi connectivity index (χ1) is 11.6. The molecule has 136 valence electrons. The number of benzene rings is 2. The van der Waals surface area contributed by atoms with Gasteiger partial charge in [0.1, 0.15) is 9.79 Å². The summed E-state index contributed by atoms with van der Waals surface area (Å²) < 4.78 is 57.3. The van der Waals surface area contributed by atoms with Gasteiger partial charge in [-0.05, 0) is 24.3 Å². The molecule has 25 heavy (non-hydrogen) atoms. The quantitative estimate of drug-likeness (QED) is 0.465. The largest absolute Gasteiger partial charge is 0.300 e. The van der Waals surface area contributed by atoms with E-state index in [-0.39, 0.29) is 20.1 Å². The highest BCUT2D eigenvalue weighted by molar-refractivity contribution is 7.87. The zero-order chi connectivity index (χ0) is 18.8. The lowest BCUT2D eigenvalue weighted by atomic mass is 10.4. The van der Waals surface area contributed by atoms with Crippen molar-refractivity contribution < 1.29 is 25.2 Å². The van der Waals surface area contributed by atoms with Crippen molar-refractivity contribution >= 4 is 66.6 Å². The van der Waals surface area contributed by atoms with E-state index in [1.807, 2.05) is 0 Å². The van der Waals surface area contributed by atoms with Crippen molar-refractivity contribution in [1.29, 1.82) is 0 Å². The highest BCUT2D eigenvalue weighted by Crippen LogP contribution is 2.31. The van der Waals surface area contributed by atoms with Crippen LogP contribution >= 0.6 is 46.4 Å². The van der Waals surface area contributed by atoms with E-state index in [1.165, 1.54) is 24.3 Å². The van der Waals surface area contributed by atoms with Crippen LogP contribution in [0.5, 0.6) is 0 Å². The van der Waals surface area contributed by atoms with Gasteiger partial charge >= 0.3 is 20.2 Å². The Bertz CT molecular complexity index is 924. The predicted molar refractivity (Wildman–Crippen MR) is 94.3 cm³/mol. The Balaban J connectivity index is 2.16. The Hall–Kier alpha value is -0.580. The minimum absolute atomic E-state index is 0.00871. The van der Waals surface area contributed by atoms with Crippen molar-refractivity contribution in [2.24, 2.45) is 0 Å². The van der Waals surface area contributed by atoms with E-state index >= 15 is 0 Å². The molecule has 0 saturated heterocycles. The van der Waals surface area contributed by atoms with Crippen LogP contribution in [0.15, 0.2) is 46.2 Å². The number of halogens is 4. The Morgan fingerprint density at radius 3 is 1.40 bits per heavy atom. The first-order valence-corrected chi connectivity index (χ1v) is 10.6. The lowest BCUT2D eigenvalue weighted by Gasteiger charge is -2.10. The molecule has 0 radical (unpaired) electrons. The standard InChI is InChI=1S/C13H8Cl4O6S2/c14-8-3-1-5-10(12(8)16)24(18,19)22-7-23-25(20,21)11-6-2-4-9(15)13(11)17/h1-6H,7H2. The molecule has 0 saturated carbocycles. The molecule has 0 atom stereocenters. The molecule has 2 rings (SSSR count). The van der Waals surface area contributed by atoms with Crippen molar-refractivity contribution in [2.45, 2.75) is 9.79 Å². The van der Waals surface area contributed by atoms with Crippen LogP contribution in [-0.4, -0.2) is 23.6 Å². The molecule has 0 unspecified atom stereocenters. The first kappa shape index (κ1) is 20.7. The Morgan fingerprint density at radius 1 is 0.680 bits per heavy atom. The maximum Gasteiger partial charge on any atom is 0.300 e. The van der Waals surface area contributed by atoms with Crippen LogP contribution in [0.1, 0.15) is 0 Å². The molecular formula is C13H8Cl4O6S2. The maximum atomic E-state index is 12.1. The predicted octanol–water partition coefficient (Wildman–Crippen LogP) is 4.37. The van der Waals surface area contributed by atoms with Gasteiger partial charge in [0.05, 0.1) is 20.1 Å². The fourth-order valence-corrected chi connectivity index (χ4v) is 4.72. The molecule has 0 aliphatic carbocycles. The smallest absolute Gasteiger partial charge is 0.236 e. The fourth-order valence-electron chi connectivity index (χ4n) is 1.63. The third-order valence-corrected chi connectivity index (χ3v) is 7.21. The fraction of sp³-hybridized carbons (Fsp3) is 0.0769. The maximum absolute atomic E-state index is 12.1. The molecule has 0 spiro atoms. The van der Waals surface area contributed by atoms with Gasteiger partial charge < -0.3 is 0 Å². The van der Waals surface area contributed by atoms with Gasteiger partial charge in [-0.15, -0.1) is 0 Å². The molecular weight excluding hydrogens is 458 g/mol. The minimum atomic E-state index is -4.40. The molecule has 0 bridgehead atoms. The molecule has 0 aliphatic heterocycles. The summed E-state index contributed by atoms with van der Waals surface area (Å²) in [6, 6.07) is 7.73. The summed E-state index contributed by atoms with van der Waals surface area (Å²) in [6.45, 7) is -1.13. The van der Waals surface area contributed by atoms with E-state index in [0.717, 1.165) is 12.1 Å². The van der Waals surface area contributed by atoms with Crippen LogP contribution in [0.2, 0.25) is 20.1 Å². The molecule has 0 heterocycles. The first-order valence-electron chi connectivity index (χ1n) is 6.23. The Labute approximate surface area is 164 Å². The van der Waals surface area contributed by atoms with Gasteiger partial charge in [0.15, 0.2) is 6.79 Å². The van der Waals surface area contributed by atoms with Gasteiger partial charge in [0.25, 0.3) is 0 Å². The van der Waals surface area contributed by atoms with Crippen molar-refractivity contribution in [1.82, 2.24) is 0 Å². The SMILES string of the molecule is O=S(=O)(OCOS(=O)(=O)c1cccc(Cl)c1Cl)c1cccc(Cl)c1Cl. The van der Waals surface area contributed by atoms with Crippen molar-refractivity contribution in [3.05, 3.63) is 56.5 Å². The summed E-state index contributed by atoms with van der Waals surface area (Å²) >= 11 is 23.1. The second-order valence-corrected chi connectivity index (χ2v) is 9.10. The normalized spacial score (nSPS) is 12.3. The number of hydrogen-bond donors (Lipinski definition) is 0. The Morgan fingerprint density at radius 2 is 1.04 bits per heavy atom.